The van der Waals surface area contributed by atoms with Crippen molar-refractivity contribution in [2.75, 3.05) is 13.2 Å². The molecule has 0 aliphatic carbocycles. The van der Waals surface area contributed by atoms with E-state index in [9.17, 15) is 9.90 Å². The Morgan fingerprint density at radius 1 is 1.74 bits per heavy atom. The van der Waals surface area contributed by atoms with Crippen LogP contribution in [0.25, 0.3) is 6.08 Å². The Morgan fingerprint density at radius 3 is 3.21 bits per heavy atom. The predicted molar refractivity (Wildman–Crippen MR) is 71.3 cm³/mol. The number of aliphatic hydroxyl groups is 1. The van der Waals surface area contributed by atoms with Crippen molar-refractivity contribution in [3.05, 3.63) is 36.2 Å². The van der Waals surface area contributed by atoms with Gasteiger partial charge in [0.15, 0.2) is 0 Å². The Bertz CT molecular complexity index is 461. The second-order valence-electron chi connectivity index (χ2n) is 4.70. The normalized spacial score (nSPS) is 26.7. The van der Waals surface area contributed by atoms with E-state index >= 15 is 0 Å². The van der Waals surface area contributed by atoms with Gasteiger partial charge >= 0.3 is 0 Å². The maximum Gasteiger partial charge on any atom is 0.244 e. The van der Waals surface area contributed by atoms with Crippen LogP contribution in [0.15, 0.2) is 30.6 Å². The molecule has 1 aliphatic heterocycles. The zero-order chi connectivity index (χ0) is 13.7. The summed E-state index contributed by atoms with van der Waals surface area (Å²) in [7, 11) is 0. The Kier molecular flexibility index (Phi) is 4.29. The van der Waals surface area contributed by atoms with E-state index in [-0.39, 0.29) is 18.6 Å². The van der Waals surface area contributed by atoms with Gasteiger partial charge in [-0.1, -0.05) is 6.07 Å². The van der Waals surface area contributed by atoms with E-state index in [1.165, 1.54) is 6.08 Å². The van der Waals surface area contributed by atoms with E-state index in [1.807, 2.05) is 13.0 Å². The minimum absolute atomic E-state index is 0.199. The summed E-state index contributed by atoms with van der Waals surface area (Å²) < 4.78 is 5.30. The second-order valence-corrected chi connectivity index (χ2v) is 4.70. The van der Waals surface area contributed by atoms with Gasteiger partial charge in [-0.15, -0.1) is 0 Å². The molecule has 1 fully saturated rings. The van der Waals surface area contributed by atoms with Crippen LogP contribution >= 0.6 is 0 Å². The van der Waals surface area contributed by atoms with Crippen molar-refractivity contribution in [1.29, 1.82) is 0 Å². The van der Waals surface area contributed by atoms with Crippen LogP contribution in [0, 0.1) is 0 Å². The lowest BCUT2D eigenvalue weighted by molar-refractivity contribution is -0.118. The van der Waals surface area contributed by atoms with Gasteiger partial charge in [-0.05, 0) is 24.6 Å². The number of nitrogens with one attached hydrogen (secondary N) is 1. The number of nitrogens with zero attached hydrogens (tertiary/aromatic N) is 1. The summed E-state index contributed by atoms with van der Waals surface area (Å²) in [5.41, 5.74) is -0.105. The molecular weight excluding hydrogens is 244 g/mol. The molecule has 1 aromatic rings. The Morgan fingerprint density at radius 2 is 2.58 bits per heavy atom. The largest absolute Gasteiger partial charge is 0.385 e. The number of aromatic nitrogens is 1. The number of rotatable bonds is 4. The summed E-state index contributed by atoms with van der Waals surface area (Å²) in [6.45, 7) is 2.54. The summed E-state index contributed by atoms with van der Waals surface area (Å²) >= 11 is 0. The lowest BCUT2D eigenvalue weighted by Gasteiger charge is -2.25. The summed E-state index contributed by atoms with van der Waals surface area (Å²) in [4.78, 5) is 15.6. The van der Waals surface area contributed by atoms with Crippen LogP contribution in [0.1, 0.15) is 18.9 Å². The zero-order valence-electron chi connectivity index (χ0n) is 10.9. The Labute approximate surface area is 112 Å². The fraction of sp³-hybridized carbons (Fsp3) is 0.429. The van der Waals surface area contributed by atoms with Crippen LogP contribution in [0.5, 0.6) is 0 Å². The SMILES string of the molecule is CC1OCCC1(O)CNC(=O)/C=C/c1cccnc1. The first kappa shape index (κ1) is 13.7. The standard InChI is InChI=1S/C14H18N2O3/c1-11-14(18,6-8-19-11)10-16-13(17)5-4-12-3-2-7-15-9-12/h2-5,7,9,11,18H,6,8,10H2,1H3,(H,16,17)/b5-4+. The number of ether oxygens (including phenoxy) is 1. The van der Waals surface area contributed by atoms with Gasteiger partial charge < -0.3 is 15.2 Å². The highest BCUT2D eigenvalue weighted by Crippen LogP contribution is 2.24. The first-order chi connectivity index (χ1) is 9.10. The molecule has 1 aliphatic rings. The third-order valence-electron chi connectivity index (χ3n) is 3.34. The van der Waals surface area contributed by atoms with Crippen molar-refractivity contribution in [2.24, 2.45) is 0 Å². The van der Waals surface area contributed by atoms with E-state index in [4.69, 9.17) is 4.74 Å². The monoisotopic (exact) mass is 262 g/mol. The molecule has 0 bridgehead atoms. The van der Waals surface area contributed by atoms with Crippen molar-refractivity contribution in [1.82, 2.24) is 10.3 Å². The summed E-state index contributed by atoms with van der Waals surface area (Å²) in [6.07, 6.45) is 6.75. The lowest BCUT2D eigenvalue weighted by atomic mass is 9.97. The number of hydrogen-bond acceptors (Lipinski definition) is 4. The minimum Gasteiger partial charge on any atom is -0.385 e. The van der Waals surface area contributed by atoms with Crippen LogP contribution in [0.3, 0.4) is 0 Å². The molecule has 2 atom stereocenters. The molecule has 1 aromatic heterocycles. The number of amides is 1. The van der Waals surface area contributed by atoms with Crippen molar-refractivity contribution in [3.8, 4) is 0 Å². The molecule has 5 heteroatoms. The molecule has 0 aromatic carbocycles. The molecule has 1 saturated heterocycles. The highest BCUT2D eigenvalue weighted by molar-refractivity contribution is 5.91. The van der Waals surface area contributed by atoms with Crippen molar-refractivity contribution < 1.29 is 14.6 Å². The maximum absolute atomic E-state index is 11.7. The quantitative estimate of drug-likeness (QED) is 0.786. The summed E-state index contributed by atoms with van der Waals surface area (Å²) in [6, 6.07) is 3.66. The molecule has 2 N–H and O–H groups in total. The average molecular weight is 262 g/mol. The topological polar surface area (TPSA) is 71.5 Å². The first-order valence-corrected chi connectivity index (χ1v) is 6.30. The van der Waals surface area contributed by atoms with Crippen molar-refractivity contribution in [2.45, 2.75) is 25.0 Å². The molecule has 0 saturated carbocycles. The van der Waals surface area contributed by atoms with Crippen LogP contribution < -0.4 is 5.32 Å². The van der Waals surface area contributed by atoms with Crippen LogP contribution in [-0.4, -0.2) is 40.9 Å². The molecule has 0 radical (unpaired) electrons. The van der Waals surface area contributed by atoms with Gasteiger partial charge in [0.25, 0.3) is 0 Å². The van der Waals surface area contributed by atoms with E-state index < -0.39 is 5.60 Å². The van der Waals surface area contributed by atoms with Gasteiger partial charge in [0.2, 0.25) is 5.91 Å². The smallest absolute Gasteiger partial charge is 0.244 e. The molecule has 102 valence electrons. The van der Waals surface area contributed by atoms with Crippen molar-refractivity contribution >= 4 is 12.0 Å². The fourth-order valence-corrected chi connectivity index (χ4v) is 1.95. The molecule has 5 nitrogen and oxygen atoms in total. The van der Waals surface area contributed by atoms with Gasteiger partial charge in [0, 0.05) is 38.0 Å². The number of hydrogen-bond donors (Lipinski definition) is 2. The molecule has 2 unspecified atom stereocenters. The number of carbonyl (C=O) groups is 1. The fourth-order valence-electron chi connectivity index (χ4n) is 1.95. The number of pyridine rings is 1. The molecule has 0 spiro atoms. The third kappa shape index (κ3) is 3.62. The molecular formula is C14H18N2O3. The summed E-state index contributed by atoms with van der Waals surface area (Å²) in [5, 5.41) is 12.9. The highest BCUT2D eigenvalue weighted by Gasteiger charge is 2.39. The third-order valence-corrected chi connectivity index (χ3v) is 3.34. The van der Waals surface area contributed by atoms with Crippen LogP contribution in [-0.2, 0) is 9.53 Å². The first-order valence-electron chi connectivity index (χ1n) is 6.30. The second kappa shape index (κ2) is 5.95. The Balaban J connectivity index is 1.84. The van der Waals surface area contributed by atoms with Crippen LogP contribution in [0.2, 0.25) is 0 Å². The summed E-state index contributed by atoms with van der Waals surface area (Å²) in [5.74, 6) is -0.239. The molecule has 2 heterocycles. The minimum atomic E-state index is -0.961. The van der Waals surface area contributed by atoms with Crippen LogP contribution in [0.4, 0.5) is 0 Å². The Hall–Kier alpha value is -1.72. The molecule has 1 amide bonds. The van der Waals surface area contributed by atoms with E-state index in [1.54, 1.807) is 24.5 Å². The van der Waals surface area contributed by atoms with Gasteiger partial charge in [-0.3, -0.25) is 9.78 Å². The van der Waals surface area contributed by atoms with Gasteiger partial charge in [-0.25, -0.2) is 0 Å². The highest BCUT2D eigenvalue weighted by atomic mass is 16.5. The van der Waals surface area contributed by atoms with E-state index in [0.29, 0.717) is 13.0 Å². The predicted octanol–water partition coefficient (Wildman–Crippen LogP) is 0.751. The van der Waals surface area contributed by atoms with Gasteiger partial charge in [0.1, 0.15) is 5.60 Å². The maximum atomic E-state index is 11.7. The van der Waals surface area contributed by atoms with E-state index in [0.717, 1.165) is 5.56 Å². The lowest BCUT2D eigenvalue weighted by Crippen LogP contribution is -2.47. The zero-order valence-corrected chi connectivity index (χ0v) is 10.9. The molecule has 2 rings (SSSR count). The average Bonchev–Trinajstić information content (AvgIpc) is 2.76. The van der Waals surface area contributed by atoms with E-state index in [2.05, 4.69) is 10.3 Å². The van der Waals surface area contributed by atoms with Crippen molar-refractivity contribution in [3.63, 3.8) is 0 Å². The van der Waals surface area contributed by atoms with Gasteiger partial charge in [0.05, 0.1) is 6.10 Å². The van der Waals surface area contributed by atoms with Gasteiger partial charge in [-0.2, -0.15) is 0 Å². The molecule has 19 heavy (non-hydrogen) atoms. The number of carbonyl (C=O) groups excluding carboxylic acids is 1.